The second-order valence-electron chi connectivity index (χ2n) is 5.78. The SMILES string of the molecule is CCN(CC)C(=O)CN(C)C(=O)COC(=O)c1ccc(-n2cncn2)cc1. The molecule has 0 bridgehead atoms. The predicted octanol–water partition coefficient (Wildman–Crippen LogP) is 0.751. The highest BCUT2D eigenvalue weighted by molar-refractivity contribution is 5.92. The minimum atomic E-state index is -0.614. The van der Waals surface area contributed by atoms with Crippen LogP contribution in [0.4, 0.5) is 0 Å². The zero-order chi connectivity index (χ0) is 19.8. The van der Waals surface area contributed by atoms with Gasteiger partial charge in [-0.15, -0.1) is 0 Å². The van der Waals surface area contributed by atoms with Gasteiger partial charge in [0.25, 0.3) is 5.91 Å². The second kappa shape index (κ2) is 9.46. The number of amides is 2. The van der Waals surface area contributed by atoms with Gasteiger partial charge in [0.1, 0.15) is 12.7 Å². The molecule has 27 heavy (non-hydrogen) atoms. The van der Waals surface area contributed by atoms with Crippen molar-refractivity contribution in [2.75, 3.05) is 33.3 Å². The molecule has 9 heteroatoms. The lowest BCUT2D eigenvalue weighted by Gasteiger charge is -2.23. The zero-order valence-electron chi connectivity index (χ0n) is 15.7. The van der Waals surface area contributed by atoms with Crippen molar-refractivity contribution >= 4 is 17.8 Å². The Balaban J connectivity index is 1.85. The second-order valence-corrected chi connectivity index (χ2v) is 5.78. The van der Waals surface area contributed by atoms with E-state index in [0.29, 0.717) is 18.7 Å². The summed E-state index contributed by atoms with van der Waals surface area (Å²) in [5, 5.41) is 4.00. The van der Waals surface area contributed by atoms with E-state index in [0.717, 1.165) is 5.69 Å². The van der Waals surface area contributed by atoms with Crippen LogP contribution in [0.2, 0.25) is 0 Å². The molecule has 0 aliphatic carbocycles. The zero-order valence-corrected chi connectivity index (χ0v) is 15.7. The summed E-state index contributed by atoms with van der Waals surface area (Å²) < 4.78 is 6.60. The van der Waals surface area contributed by atoms with Crippen molar-refractivity contribution in [1.82, 2.24) is 24.6 Å². The van der Waals surface area contributed by atoms with Crippen LogP contribution in [0, 0.1) is 0 Å². The highest BCUT2D eigenvalue weighted by Crippen LogP contribution is 2.09. The Morgan fingerprint density at radius 3 is 2.30 bits per heavy atom. The minimum absolute atomic E-state index is 0.0509. The molecule has 0 aliphatic heterocycles. The minimum Gasteiger partial charge on any atom is -0.452 e. The number of rotatable bonds is 8. The fraction of sp³-hybridized carbons (Fsp3) is 0.389. The van der Waals surface area contributed by atoms with E-state index in [1.807, 2.05) is 13.8 Å². The van der Waals surface area contributed by atoms with Crippen LogP contribution in [-0.4, -0.2) is 75.6 Å². The average molecular weight is 373 g/mol. The summed E-state index contributed by atoms with van der Waals surface area (Å²) in [6, 6.07) is 6.55. The molecule has 0 aliphatic rings. The Labute approximate surface area is 157 Å². The highest BCUT2D eigenvalue weighted by Gasteiger charge is 2.18. The third-order valence-corrected chi connectivity index (χ3v) is 4.03. The van der Waals surface area contributed by atoms with Gasteiger partial charge in [-0.1, -0.05) is 0 Å². The largest absolute Gasteiger partial charge is 0.452 e. The van der Waals surface area contributed by atoms with Gasteiger partial charge in [0.2, 0.25) is 5.91 Å². The van der Waals surface area contributed by atoms with Crippen molar-refractivity contribution in [3.05, 3.63) is 42.5 Å². The first-order valence-electron chi connectivity index (χ1n) is 8.60. The van der Waals surface area contributed by atoms with E-state index < -0.39 is 18.5 Å². The molecule has 0 saturated carbocycles. The van der Waals surface area contributed by atoms with E-state index in [9.17, 15) is 14.4 Å². The molecule has 0 N–H and O–H groups in total. The lowest BCUT2D eigenvalue weighted by molar-refractivity contribution is -0.140. The van der Waals surface area contributed by atoms with Crippen LogP contribution in [0.5, 0.6) is 0 Å². The van der Waals surface area contributed by atoms with Crippen LogP contribution in [0.15, 0.2) is 36.9 Å². The monoisotopic (exact) mass is 373 g/mol. The van der Waals surface area contributed by atoms with Gasteiger partial charge in [-0.3, -0.25) is 9.59 Å². The number of ether oxygens (including phenoxy) is 1. The first-order chi connectivity index (χ1) is 13.0. The maximum Gasteiger partial charge on any atom is 0.338 e. The number of likely N-dealkylation sites (N-methyl/N-ethyl adjacent to an activating group) is 2. The molecular formula is C18H23N5O4. The van der Waals surface area contributed by atoms with E-state index in [2.05, 4.69) is 10.1 Å². The maximum absolute atomic E-state index is 12.1. The van der Waals surface area contributed by atoms with Gasteiger partial charge >= 0.3 is 5.97 Å². The van der Waals surface area contributed by atoms with Crippen molar-refractivity contribution in [2.24, 2.45) is 0 Å². The Morgan fingerprint density at radius 2 is 1.74 bits per heavy atom. The molecule has 0 atom stereocenters. The Bertz CT molecular complexity index is 770. The van der Waals surface area contributed by atoms with E-state index in [1.54, 1.807) is 40.2 Å². The third-order valence-electron chi connectivity index (χ3n) is 4.03. The van der Waals surface area contributed by atoms with Gasteiger partial charge in [-0.25, -0.2) is 14.5 Å². The van der Waals surface area contributed by atoms with Gasteiger partial charge in [0.15, 0.2) is 6.61 Å². The van der Waals surface area contributed by atoms with Crippen molar-refractivity contribution < 1.29 is 19.1 Å². The van der Waals surface area contributed by atoms with Crippen molar-refractivity contribution in [1.29, 1.82) is 0 Å². The molecule has 0 saturated heterocycles. The van der Waals surface area contributed by atoms with E-state index in [4.69, 9.17) is 4.74 Å². The number of carbonyl (C=O) groups excluding carboxylic acids is 3. The Kier molecular flexibility index (Phi) is 7.04. The first-order valence-corrected chi connectivity index (χ1v) is 8.60. The molecule has 0 unspecified atom stereocenters. The van der Waals surface area contributed by atoms with Crippen molar-refractivity contribution in [2.45, 2.75) is 13.8 Å². The number of carbonyl (C=O) groups is 3. The molecule has 1 heterocycles. The third kappa shape index (κ3) is 5.37. The average Bonchev–Trinajstić information content (AvgIpc) is 3.21. The summed E-state index contributed by atoms with van der Waals surface area (Å²) in [7, 11) is 1.50. The summed E-state index contributed by atoms with van der Waals surface area (Å²) in [6.07, 6.45) is 2.95. The smallest absolute Gasteiger partial charge is 0.338 e. The first kappa shape index (κ1) is 20.1. The molecule has 1 aromatic carbocycles. The van der Waals surface area contributed by atoms with Crippen LogP contribution >= 0.6 is 0 Å². The molecule has 0 fully saturated rings. The van der Waals surface area contributed by atoms with Gasteiger partial charge in [-0.05, 0) is 38.1 Å². The van der Waals surface area contributed by atoms with Gasteiger partial charge in [0.05, 0.1) is 17.8 Å². The number of hydrogen-bond donors (Lipinski definition) is 0. The molecule has 144 valence electrons. The molecule has 2 amide bonds. The number of aromatic nitrogens is 3. The Hall–Kier alpha value is -3.23. The van der Waals surface area contributed by atoms with Crippen molar-refractivity contribution in [3.8, 4) is 5.69 Å². The fourth-order valence-electron chi connectivity index (χ4n) is 2.38. The summed E-state index contributed by atoms with van der Waals surface area (Å²) in [4.78, 5) is 42.9. The summed E-state index contributed by atoms with van der Waals surface area (Å²) in [6.45, 7) is 4.43. The quantitative estimate of drug-likeness (QED) is 0.634. The topological polar surface area (TPSA) is 97.6 Å². The highest BCUT2D eigenvalue weighted by atomic mass is 16.5. The summed E-state index contributed by atoms with van der Waals surface area (Å²) >= 11 is 0. The van der Waals surface area contributed by atoms with Crippen LogP contribution < -0.4 is 0 Å². The summed E-state index contributed by atoms with van der Waals surface area (Å²) in [5.74, 6) is -1.20. The number of nitrogens with zero attached hydrogens (tertiary/aromatic N) is 5. The van der Waals surface area contributed by atoms with E-state index in [1.165, 1.54) is 18.3 Å². The van der Waals surface area contributed by atoms with Crippen LogP contribution in [0.3, 0.4) is 0 Å². The molecule has 0 radical (unpaired) electrons. The Morgan fingerprint density at radius 1 is 1.07 bits per heavy atom. The lowest BCUT2D eigenvalue weighted by atomic mass is 10.2. The molecule has 9 nitrogen and oxygen atoms in total. The van der Waals surface area contributed by atoms with Gasteiger partial charge in [-0.2, -0.15) is 5.10 Å². The van der Waals surface area contributed by atoms with Gasteiger partial charge in [0, 0.05) is 20.1 Å². The molecular weight excluding hydrogens is 350 g/mol. The molecule has 2 aromatic rings. The van der Waals surface area contributed by atoms with E-state index >= 15 is 0 Å². The maximum atomic E-state index is 12.1. The van der Waals surface area contributed by atoms with Crippen LogP contribution in [0.1, 0.15) is 24.2 Å². The number of esters is 1. The lowest BCUT2D eigenvalue weighted by Crippen LogP contribution is -2.42. The standard InChI is InChI=1S/C18H23N5O4/c1-4-22(5-2)16(24)10-21(3)17(25)11-27-18(26)14-6-8-15(9-7-14)23-13-19-12-20-23/h6-9,12-13H,4-5,10-11H2,1-3H3. The number of benzene rings is 1. The van der Waals surface area contributed by atoms with Crippen LogP contribution in [0.25, 0.3) is 5.69 Å². The number of hydrogen-bond acceptors (Lipinski definition) is 6. The summed E-state index contributed by atoms with van der Waals surface area (Å²) in [5.41, 5.74) is 1.06. The predicted molar refractivity (Wildman–Crippen MR) is 97.2 cm³/mol. The fourth-order valence-corrected chi connectivity index (χ4v) is 2.38. The molecule has 0 spiro atoms. The van der Waals surface area contributed by atoms with Crippen molar-refractivity contribution in [3.63, 3.8) is 0 Å². The molecule has 2 rings (SSSR count). The normalized spacial score (nSPS) is 10.3. The molecule has 1 aromatic heterocycles. The van der Waals surface area contributed by atoms with E-state index in [-0.39, 0.29) is 12.5 Å². The van der Waals surface area contributed by atoms with Crippen LogP contribution in [-0.2, 0) is 14.3 Å². The van der Waals surface area contributed by atoms with Gasteiger partial charge < -0.3 is 14.5 Å².